The molecule has 0 amide bonds. The Hall–Kier alpha value is -2.32. The van der Waals surface area contributed by atoms with Crippen molar-refractivity contribution >= 4 is 0 Å². The van der Waals surface area contributed by atoms with Crippen molar-refractivity contribution in [1.29, 1.82) is 0 Å². The van der Waals surface area contributed by atoms with E-state index in [-0.39, 0.29) is 0 Å². The normalized spacial score (nSPS) is 12.3. The van der Waals surface area contributed by atoms with Crippen LogP contribution < -0.4 is 4.74 Å². The maximum absolute atomic E-state index is 12.8. The Balaban J connectivity index is 2.59. The van der Waals surface area contributed by atoms with Gasteiger partial charge in [-0.25, -0.2) is 0 Å². The van der Waals surface area contributed by atoms with E-state index in [1.54, 1.807) is 0 Å². The Morgan fingerprint density at radius 2 is 1.38 bits per heavy atom. The van der Waals surface area contributed by atoms with Crippen molar-refractivity contribution in [1.82, 2.24) is 10.2 Å². The lowest BCUT2D eigenvalue weighted by Crippen LogP contribution is -2.14. The lowest BCUT2D eigenvalue weighted by Gasteiger charge is -2.18. The van der Waals surface area contributed by atoms with Crippen molar-refractivity contribution in [3.05, 3.63) is 47.7 Å². The number of aromatic nitrogens is 2. The van der Waals surface area contributed by atoms with Crippen molar-refractivity contribution in [2.45, 2.75) is 12.4 Å². The summed E-state index contributed by atoms with van der Waals surface area (Å²) in [4.78, 5) is 0. The second-order valence-electron chi connectivity index (χ2n) is 3.84. The Labute approximate surface area is 114 Å². The zero-order valence-electron chi connectivity index (χ0n) is 10.0. The first-order valence-corrected chi connectivity index (χ1v) is 5.42. The van der Waals surface area contributed by atoms with Gasteiger partial charge in [-0.05, 0) is 18.2 Å². The van der Waals surface area contributed by atoms with Crippen LogP contribution in [-0.4, -0.2) is 10.2 Å². The first-order valence-electron chi connectivity index (χ1n) is 5.42. The summed E-state index contributed by atoms with van der Waals surface area (Å²) < 4.78 is 81.7. The van der Waals surface area contributed by atoms with Crippen LogP contribution >= 0.6 is 0 Å². The monoisotopic (exact) mass is 308 g/mol. The fraction of sp³-hybridized carbons (Fsp3) is 0.167. The fourth-order valence-electron chi connectivity index (χ4n) is 1.54. The first-order chi connectivity index (χ1) is 9.69. The predicted molar refractivity (Wildman–Crippen MR) is 58.6 cm³/mol. The third-order valence-electron chi connectivity index (χ3n) is 2.38. The molecule has 0 spiro atoms. The van der Waals surface area contributed by atoms with Crippen LogP contribution in [0.5, 0.6) is 11.6 Å². The highest BCUT2D eigenvalue weighted by Gasteiger charge is 2.42. The van der Waals surface area contributed by atoms with Crippen LogP contribution in [0.1, 0.15) is 11.1 Å². The van der Waals surface area contributed by atoms with Crippen LogP contribution in [0, 0.1) is 0 Å². The zero-order valence-corrected chi connectivity index (χ0v) is 10.0. The standard InChI is InChI=1S/C12H6F6N2O/c13-11(14,15)7-3-1-4-8(12(16,17)18)10(7)21-9-5-2-6-19-20-9/h1-6H. The van der Waals surface area contributed by atoms with Crippen LogP contribution in [0.4, 0.5) is 26.3 Å². The molecule has 0 radical (unpaired) electrons. The molecule has 3 nitrogen and oxygen atoms in total. The van der Waals surface area contributed by atoms with E-state index in [9.17, 15) is 26.3 Å². The van der Waals surface area contributed by atoms with Crippen molar-refractivity contribution < 1.29 is 31.1 Å². The Bertz CT molecular complexity index is 592. The van der Waals surface area contributed by atoms with Crippen LogP contribution in [0.15, 0.2) is 36.5 Å². The highest BCUT2D eigenvalue weighted by Crippen LogP contribution is 2.45. The molecule has 0 aliphatic heterocycles. The largest absolute Gasteiger partial charge is 0.436 e. The fourth-order valence-corrected chi connectivity index (χ4v) is 1.54. The van der Waals surface area contributed by atoms with Crippen molar-refractivity contribution in [3.63, 3.8) is 0 Å². The number of hydrogen-bond acceptors (Lipinski definition) is 3. The number of benzene rings is 1. The molecule has 0 aliphatic rings. The molecule has 0 bridgehead atoms. The molecule has 0 fully saturated rings. The average Bonchev–Trinajstić information content (AvgIpc) is 2.37. The van der Waals surface area contributed by atoms with E-state index in [4.69, 9.17) is 0 Å². The molecule has 0 N–H and O–H groups in total. The van der Waals surface area contributed by atoms with Gasteiger partial charge in [0.05, 0.1) is 11.1 Å². The first kappa shape index (κ1) is 15.1. The SMILES string of the molecule is FC(F)(F)c1cccc(C(F)(F)F)c1Oc1cccnn1. The van der Waals surface area contributed by atoms with Crippen LogP contribution in [-0.2, 0) is 12.4 Å². The highest BCUT2D eigenvalue weighted by atomic mass is 19.4. The molecule has 0 saturated heterocycles. The minimum atomic E-state index is -5.00. The number of alkyl halides is 6. The van der Waals surface area contributed by atoms with E-state index in [0.717, 1.165) is 6.07 Å². The molecule has 9 heteroatoms. The van der Waals surface area contributed by atoms with E-state index < -0.39 is 35.1 Å². The molecule has 0 saturated carbocycles. The van der Waals surface area contributed by atoms with Gasteiger partial charge in [0.15, 0.2) is 5.75 Å². The topological polar surface area (TPSA) is 35.0 Å². The number of ether oxygens (including phenoxy) is 1. The Morgan fingerprint density at radius 3 is 1.81 bits per heavy atom. The summed E-state index contributed by atoms with van der Waals surface area (Å²) in [6, 6.07) is 4.03. The van der Waals surface area contributed by atoms with Gasteiger partial charge in [-0.2, -0.15) is 31.4 Å². The van der Waals surface area contributed by atoms with Gasteiger partial charge in [0.1, 0.15) is 0 Å². The summed E-state index contributed by atoms with van der Waals surface area (Å²) in [5.74, 6) is -1.82. The van der Waals surface area contributed by atoms with E-state index in [0.29, 0.717) is 18.2 Å². The number of rotatable bonds is 2. The summed E-state index contributed by atoms with van der Waals surface area (Å²) in [6.07, 6.45) is -8.80. The third-order valence-corrected chi connectivity index (χ3v) is 2.38. The lowest BCUT2D eigenvalue weighted by molar-refractivity contribution is -0.145. The minimum absolute atomic E-state index is 0.472. The van der Waals surface area contributed by atoms with Crippen LogP contribution in [0.25, 0.3) is 0 Å². The molecule has 0 atom stereocenters. The Morgan fingerprint density at radius 1 is 0.810 bits per heavy atom. The van der Waals surface area contributed by atoms with Crippen molar-refractivity contribution in [2.24, 2.45) is 0 Å². The predicted octanol–water partition coefficient (Wildman–Crippen LogP) is 4.31. The average molecular weight is 308 g/mol. The van der Waals surface area contributed by atoms with E-state index >= 15 is 0 Å². The Kier molecular flexibility index (Phi) is 3.75. The summed E-state index contributed by atoms with van der Waals surface area (Å²) >= 11 is 0. The molecular formula is C12H6F6N2O. The second-order valence-corrected chi connectivity index (χ2v) is 3.84. The van der Waals surface area contributed by atoms with Gasteiger partial charge in [0.2, 0.25) is 5.88 Å². The number of halogens is 6. The van der Waals surface area contributed by atoms with Gasteiger partial charge in [0, 0.05) is 12.3 Å². The molecule has 1 aromatic carbocycles. The van der Waals surface area contributed by atoms with Gasteiger partial charge >= 0.3 is 12.4 Å². The van der Waals surface area contributed by atoms with Gasteiger partial charge in [-0.15, -0.1) is 5.10 Å². The molecule has 0 unspecified atom stereocenters. The van der Waals surface area contributed by atoms with Crippen molar-refractivity contribution in [3.8, 4) is 11.6 Å². The number of hydrogen-bond donors (Lipinski definition) is 0. The summed E-state index contributed by atoms with van der Waals surface area (Å²) in [5, 5.41) is 6.64. The maximum Gasteiger partial charge on any atom is 0.420 e. The van der Waals surface area contributed by atoms with E-state index in [2.05, 4.69) is 14.9 Å². The smallest absolute Gasteiger partial charge is 0.420 e. The molecule has 1 aromatic heterocycles. The zero-order chi connectivity index (χ0) is 15.7. The molecule has 2 rings (SSSR count). The van der Waals surface area contributed by atoms with E-state index in [1.165, 1.54) is 12.3 Å². The number of nitrogens with zero attached hydrogens (tertiary/aromatic N) is 2. The summed E-state index contributed by atoms with van der Waals surface area (Å²) in [7, 11) is 0. The van der Waals surface area contributed by atoms with Crippen LogP contribution in [0.2, 0.25) is 0 Å². The van der Waals surface area contributed by atoms with Gasteiger partial charge < -0.3 is 4.74 Å². The lowest BCUT2D eigenvalue weighted by atomic mass is 10.1. The molecule has 112 valence electrons. The highest BCUT2D eigenvalue weighted by molar-refractivity contribution is 5.46. The molecular weight excluding hydrogens is 302 g/mol. The van der Waals surface area contributed by atoms with E-state index in [1.807, 2.05) is 0 Å². The summed E-state index contributed by atoms with van der Waals surface area (Å²) in [6.45, 7) is 0. The summed E-state index contributed by atoms with van der Waals surface area (Å²) in [5.41, 5.74) is -3.08. The minimum Gasteiger partial charge on any atom is -0.436 e. The van der Waals surface area contributed by atoms with Gasteiger partial charge in [-0.3, -0.25) is 0 Å². The molecule has 21 heavy (non-hydrogen) atoms. The third kappa shape index (κ3) is 3.41. The van der Waals surface area contributed by atoms with Gasteiger partial charge in [-0.1, -0.05) is 6.07 Å². The molecule has 1 heterocycles. The second kappa shape index (κ2) is 5.23. The quantitative estimate of drug-likeness (QED) is 0.776. The maximum atomic E-state index is 12.8. The number of para-hydroxylation sites is 1. The molecule has 0 aliphatic carbocycles. The van der Waals surface area contributed by atoms with Crippen LogP contribution in [0.3, 0.4) is 0 Å². The van der Waals surface area contributed by atoms with Crippen molar-refractivity contribution in [2.75, 3.05) is 0 Å². The van der Waals surface area contributed by atoms with Gasteiger partial charge in [0.25, 0.3) is 0 Å². The molecule has 2 aromatic rings.